The molecule has 4 heteroatoms. The van der Waals surface area contributed by atoms with Crippen LogP contribution in [0, 0.1) is 6.92 Å². The number of rotatable bonds is 5. The molecule has 1 atom stereocenters. The second-order valence-electron chi connectivity index (χ2n) is 4.71. The second kappa shape index (κ2) is 6.84. The summed E-state index contributed by atoms with van der Waals surface area (Å²) in [6.07, 6.45) is 0.389. The molecular formula is C16H18N2O2. The van der Waals surface area contributed by atoms with Gasteiger partial charge in [0.1, 0.15) is 0 Å². The fraction of sp³-hybridized carbons (Fsp3) is 0.188. The first-order valence-electron chi connectivity index (χ1n) is 6.47. The van der Waals surface area contributed by atoms with Crippen molar-refractivity contribution < 1.29 is 10.4 Å². The molecule has 3 N–H and O–H groups in total. The molecule has 2 aromatic carbocycles. The quantitative estimate of drug-likeness (QED) is 0.444. The largest absolute Gasteiger partial charge is 0.411 e. The first-order valence-corrected chi connectivity index (χ1v) is 6.47. The van der Waals surface area contributed by atoms with Crippen molar-refractivity contribution in [1.82, 2.24) is 5.48 Å². The molecule has 0 aliphatic rings. The van der Waals surface area contributed by atoms with Gasteiger partial charge in [-0.3, -0.25) is 0 Å². The summed E-state index contributed by atoms with van der Waals surface area (Å²) >= 11 is 0. The Balaban J connectivity index is 2.19. The van der Waals surface area contributed by atoms with Crippen LogP contribution in [-0.2, 0) is 0 Å². The molecular weight excluding hydrogens is 252 g/mol. The Morgan fingerprint density at radius 1 is 1.10 bits per heavy atom. The fourth-order valence-electron chi connectivity index (χ4n) is 2.08. The van der Waals surface area contributed by atoms with E-state index in [0.717, 1.165) is 16.7 Å². The summed E-state index contributed by atoms with van der Waals surface area (Å²) in [5.74, 6) is 0. The molecule has 0 fully saturated rings. The standard InChI is InChI=1S/C16H18N2O2/c1-12-7-9-14(10-8-12)16(18-20)11-15(17-19)13-5-3-2-4-6-13/h2-10,16,18-20H,11H2,1H3/b17-15+. The van der Waals surface area contributed by atoms with Crippen LogP contribution < -0.4 is 5.48 Å². The van der Waals surface area contributed by atoms with E-state index in [0.29, 0.717) is 12.1 Å². The molecule has 0 aliphatic heterocycles. The van der Waals surface area contributed by atoms with E-state index in [9.17, 15) is 10.4 Å². The Hall–Kier alpha value is -2.17. The van der Waals surface area contributed by atoms with Crippen LogP contribution in [0.25, 0.3) is 0 Å². The third-order valence-corrected chi connectivity index (χ3v) is 3.26. The minimum atomic E-state index is -0.318. The van der Waals surface area contributed by atoms with Crippen molar-refractivity contribution in [3.63, 3.8) is 0 Å². The summed E-state index contributed by atoms with van der Waals surface area (Å²) in [6.45, 7) is 2.01. The van der Waals surface area contributed by atoms with Crippen molar-refractivity contribution in [2.24, 2.45) is 5.16 Å². The van der Waals surface area contributed by atoms with Gasteiger partial charge in [0.25, 0.3) is 0 Å². The SMILES string of the molecule is Cc1ccc(C(C/C(=N\O)c2ccccc2)NO)cc1. The lowest BCUT2D eigenvalue weighted by Crippen LogP contribution is -2.21. The van der Waals surface area contributed by atoms with E-state index in [4.69, 9.17) is 0 Å². The maximum absolute atomic E-state index is 9.35. The normalized spacial score (nSPS) is 13.2. The van der Waals surface area contributed by atoms with Crippen molar-refractivity contribution in [2.75, 3.05) is 0 Å². The molecule has 0 spiro atoms. The number of oxime groups is 1. The molecule has 2 rings (SSSR count). The van der Waals surface area contributed by atoms with Gasteiger partial charge in [-0.05, 0) is 18.1 Å². The highest BCUT2D eigenvalue weighted by Gasteiger charge is 2.15. The summed E-state index contributed by atoms with van der Waals surface area (Å²) in [4.78, 5) is 0. The third-order valence-electron chi connectivity index (χ3n) is 3.26. The average molecular weight is 270 g/mol. The summed E-state index contributed by atoms with van der Waals surface area (Å²) in [5.41, 5.74) is 5.74. The van der Waals surface area contributed by atoms with Gasteiger partial charge in [0.2, 0.25) is 0 Å². The zero-order valence-electron chi connectivity index (χ0n) is 11.3. The lowest BCUT2D eigenvalue weighted by atomic mass is 9.97. The van der Waals surface area contributed by atoms with Gasteiger partial charge in [0, 0.05) is 6.42 Å². The lowest BCUT2D eigenvalue weighted by molar-refractivity contribution is 0.128. The van der Waals surface area contributed by atoms with Gasteiger partial charge in [-0.1, -0.05) is 65.3 Å². The van der Waals surface area contributed by atoms with Crippen LogP contribution in [0.5, 0.6) is 0 Å². The van der Waals surface area contributed by atoms with Crippen LogP contribution in [0.2, 0.25) is 0 Å². The molecule has 4 nitrogen and oxygen atoms in total. The highest BCUT2D eigenvalue weighted by atomic mass is 16.5. The minimum absolute atomic E-state index is 0.318. The second-order valence-corrected chi connectivity index (χ2v) is 4.71. The van der Waals surface area contributed by atoms with Crippen LogP contribution in [0.4, 0.5) is 0 Å². The molecule has 2 aromatic rings. The number of nitrogens with one attached hydrogen (secondary N) is 1. The topological polar surface area (TPSA) is 64.9 Å². The molecule has 0 aliphatic carbocycles. The van der Waals surface area contributed by atoms with Gasteiger partial charge in [0.05, 0.1) is 11.8 Å². The minimum Gasteiger partial charge on any atom is -0.411 e. The number of hydrogen-bond donors (Lipinski definition) is 3. The summed E-state index contributed by atoms with van der Waals surface area (Å²) in [6, 6.07) is 17.0. The molecule has 0 saturated carbocycles. The van der Waals surface area contributed by atoms with Crippen LogP contribution >= 0.6 is 0 Å². The Bertz CT molecular complexity index is 565. The molecule has 0 amide bonds. The van der Waals surface area contributed by atoms with Crippen molar-refractivity contribution in [3.8, 4) is 0 Å². The van der Waals surface area contributed by atoms with E-state index < -0.39 is 0 Å². The molecule has 0 saturated heterocycles. The Kier molecular flexibility index (Phi) is 4.87. The van der Waals surface area contributed by atoms with Crippen molar-refractivity contribution in [1.29, 1.82) is 0 Å². The Labute approximate surface area is 118 Å². The molecule has 0 bridgehead atoms. The highest BCUT2D eigenvalue weighted by molar-refractivity contribution is 6.00. The number of nitrogens with zero attached hydrogens (tertiary/aromatic N) is 1. The molecule has 0 radical (unpaired) electrons. The summed E-state index contributed by atoms with van der Waals surface area (Å²) in [7, 11) is 0. The number of hydrogen-bond acceptors (Lipinski definition) is 4. The van der Waals surface area contributed by atoms with Gasteiger partial charge >= 0.3 is 0 Å². The third kappa shape index (κ3) is 3.44. The molecule has 1 unspecified atom stereocenters. The molecule has 20 heavy (non-hydrogen) atoms. The van der Waals surface area contributed by atoms with Crippen molar-refractivity contribution in [3.05, 3.63) is 71.3 Å². The Morgan fingerprint density at radius 2 is 1.75 bits per heavy atom. The first kappa shape index (κ1) is 14.2. The van der Waals surface area contributed by atoms with Gasteiger partial charge in [0.15, 0.2) is 0 Å². The predicted octanol–water partition coefficient (Wildman–Crippen LogP) is 3.28. The van der Waals surface area contributed by atoms with E-state index >= 15 is 0 Å². The van der Waals surface area contributed by atoms with E-state index in [1.54, 1.807) is 0 Å². The van der Waals surface area contributed by atoms with Crippen molar-refractivity contribution in [2.45, 2.75) is 19.4 Å². The van der Waals surface area contributed by atoms with Crippen LogP contribution in [-0.4, -0.2) is 16.1 Å². The first-order chi connectivity index (χ1) is 9.74. The lowest BCUT2D eigenvalue weighted by Gasteiger charge is -2.16. The van der Waals surface area contributed by atoms with Crippen LogP contribution in [0.3, 0.4) is 0 Å². The molecule has 0 aromatic heterocycles. The number of hydroxylamine groups is 1. The van der Waals surface area contributed by atoms with Gasteiger partial charge in [-0.2, -0.15) is 5.48 Å². The molecule has 104 valence electrons. The van der Waals surface area contributed by atoms with E-state index in [1.165, 1.54) is 0 Å². The zero-order chi connectivity index (χ0) is 14.4. The van der Waals surface area contributed by atoms with Gasteiger partial charge < -0.3 is 10.4 Å². The van der Waals surface area contributed by atoms with Gasteiger partial charge in [-0.15, -0.1) is 0 Å². The highest BCUT2D eigenvalue weighted by Crippen LogP contribution is 2.20. The monoisotopic (exact) mass is 270 g/mol. The molecule has 0 heterocycles. The average Bonchev–Trinajstić information content (AvgIpc) is 2.51. The van der Waals surface area contributed by atoms with E-state index in [-0.39, 0.29) is 6.04 Å². The van der Waals surface area contributed by atoms with Crippen LogP contribution in [0.1, 0.15) is 29.2 Å². The van der Waals surface area contributed by atoms with Gasteiger partial charge in [-0.25, -0.2) is 0 Å². The Morgan fingerprint density at radius 3 is 2.30 bits per heavy atom. The smallest absolute Gasteiger partial charge is 0.0887 e. The number of aryl methyl sites for hydroxylation is 1. The summed E-state index contributed by atoms with van der Waals surface area (Å²) in [5, 5.41) is 21.9. The van der Waals surface area contributed by atoms with E-state index in [2.05, 4.69) is 10.6 Å². The summed E-state index contributed by atoms with van der Waals surface area (Å²) < 4.78 is 0. The fourth-order valence-corrected chi connectivity index (χ4v) is 2.08. The zero-order valence-corrected chi connectivity index (χ0v) is 11.3. The number of benzene rings is 2. The predicted molar refractivity (Wildman–Crippen MR) is 78.2 cm³/mol. The van der Waals surface area contributed by atoms with Crippen LogP contribution in [0.15, 0.2) is 59.8 Å². The van der Waals surface area contributed by atoms with Crippen molar-refractivity contribution >= 4 is 5.71 Å². The maximum Gasteiger partial charge on any atom is 0.0887 e. The van der Waals surface area contributed by atoms with E-state index in [1.807, 2.05) is 61.5 Å². The maximum atomic E-state index is 9.35.